The number of fused-ring (bicyclic) bond motifs is 1. The number of nitrogens with one attached hydrogen (secondary N) is 2. The first-order valence-corrected chi connectivity index (χ1v) is 7.94. The molecule has 114 valence electrons. The van der Waals surface area contributed by atoms with Gasteiger partial charge in [0.1, 0.15) is 0 Å². The van der Waals surface area contributed by atoms with Gasteiger partial charge in [-0.15, -0.1) is 0 Å². The molecule has 0 saturated heterocycles. The van der Waals surface area contributed by atoms with Crippen molar-refractivity contribution in [3.63, 3.8) is 0 Å². The second kappa shape index (κ2) is 6.16. The van der Waals surface area contributed by atoms with Crippen molar-refractivity contribution in [2.45, 2.75) is 45.2 Å². The fourth-order valence-corrected chi connectivity index (χ4v) is 3.50. The molecular weight excluding hydrogens is 264 g/mol. The molecule has 1 saturated carbocycles. The molecule has 2 aliphatic rings. The van der Waals surface area contributed by atoms with Gasteiger partial charge in [-0.1, -0.05) is 25.3 Å². The molecule has 1 amide bonds. The molecule has 1 heterocycles. The predicted molar refractivity (Wildman–Crippen MR) is 81.9 cm³/mol. The van der Waals surface area contributed by atoms with Crippen LogP contribution in [0.5, 0.6) is 0 Å². The van der Waals surface area contributed by atoms with Crippen molar-refractivity contribution in [1.82, 2.24) is 10.6 Å². The molecular formula is C17H24N2O2. The van der Waals surface area contributed by atoms with Crippen molar-refractivity contribution < 1.29 is 9.90 Å². The first-order valence-electron chi connectivity index (χ1n) is 7.94. The molecule has 0 spiro atoms. The van der Waals surface area contributed by atoms with Crippen LogP contribution in [-0.2, 0) is 13.1 Å². The van der Waals surface area contributed by atoms with E-state index in [1.54, 1.807) is 0 Å². The molecule has 0 atom stereocenters. The van der Waals surface area contributed by atoms with E-state index in [-0.39, 0.29) is 17.9 Å². The van der Waals surface area contributed by atoms with Gasteiger partial charge in [0.25, 0.3) is 5.91 Å². The van der Waals surface area contributed by atoms with Crippen LogP contribution in [0.25, 0.3) is 0 Å². The maximum Gasteiger partial charge on any atom is 0.251 e. The molecule has 21 heavy (non-hydrogen) atoms. The molecule has 3 rings (SSSR count). The minimum Gasteiger partial charge on any atom is -0.396 e. The second-order valence-electron chi connectivity index (χ2n) is 6.49. The van der Waals surface area contributed by atoms with Gasteiger partial charge in [0.05, 0.1) is 6.61 Å². The van der Waals surface area contributed by atoms with Crippen LogP contribution in [-0.4, -0.2) is 24.2 Å². The van der Waals surface area contributed by atoms with E-state index in [9.17, 15) is 9.90 Å². The van der Waals surface area contributed by atoms with E-state index in [4.69, 9.17) is 0 Å². The van der Waals surface area contributed by atoms with Crippen LogP contribution in [0.2, 0.25) is 0 Å². The van der Waals surface area contributed by atoms with Gasteiger partial charge in [-0.2, -0.15) is 0 Å². The maximum atomic E-state index is 12.3. The second-order valence-corrected chi connectivity index (χ2v) is 6.49. The van der Waals surface area contributed by atoms with Crippen LogP contribution in [0.4, 0.5) is 0 Å². The molecule has 0 aromatic heterocycles. The summed E-state index contributed by atoms with van der Waals surface area (Å²) in [6.45, 7) is 2.49. The highest BCUT2D eigenvalue weighted by atomic mass is 16.3. The molecule has 0 radical (unpaired) electrons. The van der Waals surface area contributed by atoms with Gasteiger partial charge in [-0.25, -0.2) is 0 Å². The molecule has 1 fully saturated rings. The van der Waals surface area contributed by atoms with E-state index < -0.39 is 0 Å². The summed E-state index contributed by atoms with van der Waals surface area (Å²) < 4.78 is 0. The summed E-state index contributed by atoms with van der Waals surface area (Å²) in [6.07, 6.45) is 5.57. The summed E-state index contributed by atoms with van der Waals surface area (Å²) in [6, 6.07) is 5.91. The number of benzene rings is 1. The SMILES string of the molecule is O=C(NCC1(CO)CCCCC1)c1ccc2c(c1)CNC2. The van der Waals surface area contributed by atoms with Crippen molar-refractivity contribution >= 4 is 5.91 Å². The molecule has 1 aliphatic carbocycles. The fraction of sp³-hybridized carbons (Fsp3) is 0.588. The largest absolute Gasteiger partial charge is 0.396 e. The minimum atomic E-state index is -0.105. The van der Waals surface area contributed by atoms with Gasteiger partial charge >= 0.3 is 0 Å². The van der Waals surface area contributed by atoms with Crippen LogP contribution in [0.1, 0.15) is 53.6 Å². The topological polar surface area (TPSA) is 61.4 Å². The minimum absolute atomic E-state index is 0.0249. The quantitative estimate of drug-likeness (QED) is 0.794. The molecule has 1 aromatic carbocycles. The van der Waals surface area contributed by atoms with Gasteiger partial charge in [0, 0.05) is 30.6 Å². The normalized spacial score (nSPS) is 20.0. The predicted octanol–water partition coefficient (Wildman–Crippen LogP) is 1.96. The Balaban J connectivity index is 1.63. The highest BCUT2D eigenvalue weighted by molar-refractivity contribution is 5.94. The Kier molecular flexibility index (Phi) is 4.27. The van der Waals surface area contributed by atoms with E-state index in [1.165, 1.54) is 17.5 Å². The number of aliphatic hydroxyl groups is 1. The monoisotopic (exact) mass is 288 g/mol. The molecule has 3 N–H and O–H groups in total. The zero-order chi connectivity index (χ0) is 14.7. The van der Waals surface area contributed by atoms with Gasteiger partial charge in [-0.05, 0) is 36.1 Å². The Hall–Kier alpha value is -1.39. The third kappa shape index (κ3) is 3.11. The van der Waals surface area contributed by atoms with Gasteiger partial charge in [0.15, 0.2) is 0 Å². The lowest BCUT2D eigenvalue weighted by atomic mass is 9.74. The molecule has 4 heteroatoms. The lowest BCUT2D eigenvalue weighted by Gasteiger charge is -2.35. The summed E-state index contributed by atoms with van der Waals surface area (Å²) in [5.41, 5.74) is 3.12. The van der Waals surface area contributed by atoms with E-state index >= 15 is 0 Å². The smallest absolute Gasteiger partial charge is 0.251 e. The lowest BCUT2D eigenvalue weighted by molar-refractivity contribution is 0.0718. The standard InChI is InChI=1S/C17H24N2O2/c20-12-17(6-2-1-3-7-17)11-19-16(21)13-4-5-14-9-18-10-15(14)8-13/h4-5,8,18,20H,1-3,6-7,9-12H2,(H,19,21). The van der Waals surface area contributed by atoms with Crippen LogP contribution in [0.15, 0.2) is 18.2 Å². The number of hydrogen-bond acceptors (Lipinski definition) is 3. The lowest BCUT2D eigenvalue weighted by Crippen LogP contribution is -2.41. The van der Waals surface area contributed by atoms with Crippen LogP contribution >= 0.6 is 0 Å². The summed E-state index contributed by atoms with van der Waals surface area (Å²) in [5, 5.41) is 16.0. The summed E-state index contributed by atoms with van der Waals surface area (Å²) in [7, 11) is 0. The summed E-state index contributed by atoms with van der Waals surface area (Å²) in [5.74, 6) is -0.0249. The molecule has 1 aromatic rings. The van der Waals surface area contributed by atoms with Crippen molar-refractivity contribution in [2.24, 2.45) is 5.41 Å². The van der Waals surface area contributed by atoms with Gasteiger partial charge in [-0.3, -0.25) is 4.79 Å². The Morgan fingerprint density at radius 1 is 1.19 bits per heavy atom. The zero-order valence-electron chi connectivity index (χ0n) is 12.5. The van der Waals surface area contributed by atoms with E-state index in [0.717, 1.165) is 44.3 Å². The molecule has 0 unspecified atom stereocenters. The Labute approximate surface area is 125 Å². The molecule has 0 bridgehead atoms. The Morgan fingerprint density at radius 2 is 1.95 bits per heavy atom. The van der Waals surface area contributed by atoms with Crippen molar-refractivity contribution in [2.75, 3.05) is 13.2 Å². The van der Waals surface area contributed by atoms with Gasteiger partial charge < -0.3 is 15.7 Å². The number of hydrogen-bond donors (Lipinski definition) is 3. The molecule has 1 aliphatic heterocycles. The number of carbonyl (C=O) groups excluding carboxylic acids is 1. The van der Waals surface area contributed by atoms with Crippen molar-refractivity contribution in [3.05, 3.63) is 34.9 Å². The first-order chi connectivity index (χ1) is 10.2. The zero-order valence-corrected chi connectivity index (χ0v) is 12.5. The summed E-state index contributed by atoms with van der Waals surface area (Å²) in [4.78, 5) is 12.3. The highest BCUT2D eigenvalue weighted by Gasteiger charge is 2.31. The average Bonchev–Trinajstić information content (AvgIpc) is 3.01. The number of amides is 1. The van der Waals surface area contributed by atoms with Gasteiger partial charge in [0.2, 0.25) is 0 Å². The number of rotatable bonds is 4. The van der Waals surface area contributed by atoms with E-state index in [0.29, 0.717) is 6.54 Å². The fourth-order valence-electron chi connectivity index (χ4n) is 3.50. The van der Waals surface area contributed by atoms with Crippen molar-refractivity contribution in [1.29, 1.82) is 0 Å². The average molecular weight is 288 g/mol. The van der Waals surface area contributed by atoms with Crippen LogP contribution in [0.3, 0.4) is 0 Å². The van der Waals surface area contributed by atoms with Crippen LogP contribution in [0, 0.1) is 5.41 Å². The number of carbonyl (C=O) groups is 1. The third-order valence-corrected chi connectivity index (χ3v) is 4.97. The third-order valence-electron chi connectivity index (χ3n) is 4.97. The highest BCUT2D eigenvalue weighted by Crippen LogP contribution is 2.35. The van der Waals surface area contributed by atoms with E-state index in [1.807, 2.05) is 18.2 Å². The molecule has 4 nitrogen and oxygen atoms in total. The van der Waals surface area contributed by atoms with Crippen molar-refractivity contribution in [3.8, 4) is 0 Å². The first kappa shape index (κ1) is 14.5. The maximum absolute atomic E-state index is 12.3. The Morgan fingerprint density at radius 3 is 2.71 bits per heavy atom. The Bertz CT molecular complexity index is 522. The number of aliphatic hydroxyl groups excluding tert-OH is 1. The van der Waals surface area contributed by atoms with Crippen LogP contribution < -0.4 is 10.6 Å². The summed E-state index contributed by atoms with van der Waals surface area (Å²) >= 11 is 0. The van der Waals surface area contributed by atoms with E-state index in [2.05, 4.69) is 10.6 Å².